The van der Waals surface area contributed by atoms with Crippen LogP contribution in [-0.4, -0.2) is 88.7 Å². The second-order valence-electron chi connectivity index (χ2n) is 13.5. The number of rotatable bonds is 11. The van der Waals surface area contributed by atoms with Crippen LogP contribution in [0.15, 0.2) is 27.8 Å². The molecule has 2 atom stereocenters. The van der Waals surface area contributed by atoms with Gasteiger partial charge in [0.2, 0.25) is 11.8 Å². The normalized spacial score (nSPS) is 22.0. The highest BCUT2D eigenvalue weighted by Gasteiger charge is 2.35. The summed E-state index contributed by atoms with van der Waals surface area (Å²) in [6.45, 7) is 8.32. The van der Waals surface area contributed by atoms with Crippen LogP contribution in [0.4, 0.5) is 10.1 Å². The van der Waals surface area contributed by atoms with Crippen LogP contribution in [0.2, 0.25) is 0 Å². The monoisotopic (exact) mass is 651 g/mol. The smallest absolute Gasteiger partial charge is 0.301 e. The van der Waals surface area contributed by atoms with Crippen molar-refractivity contribution in [1.82, 2.24) is 25.4 Å². The van der Waals surface area contributed by atoms with Crippen molar-refractivity contribution >= 4 is 35.0 Å². The van der Waals surface area contributed by atoms with E-state index in [9.17, 15) is 19.2 Å². The zero-order valence-electron chi connectivity index (χ0n) is 27.8. The van der Waals surface area contributed by atoms with Crippen LogP contribution in [0.5, 0.6) is 0 Å². The molecule has 3 fully saturated rings. The van der Waals surface area contributed by atoms with Crippen LogP contribution in [0.1, 0.15) is 93.4 Å². The zero-order valence-corrected chi connectivity index (χ0v) is 27.8. The van der Waals surface area contributed by atoms with Crippen LogP contribution in [0.3, 0.4) is 0 Å². The number of amides is 4. The number of hydrogen-bond acceptors (Lipinski definition) is 8. The Kier molecular flexibility index (Phi) is 11.2. The van der Waals surface area contributed by atoms with Gasteiger partial charge in [-0.2, -0.15) is 0 Å². The second-order valence-corrected chi connectivity index (χ2v) is 13.5. The number of benzene rings is 1. The fraction of sp³-hybridized carbons (Fsp3) is 0.618. The van der Waals surface area contributed by atoms with E-state index in [0.29, 0.717) is 61.9 Å². The first-order valence-electron chi connectivity index (χ1n) is 16.9. The van der Waals surface area contributed by atoms with Gasteiger partial charge in [0, 0.05) is 44.4 Å². The van der Waals surface area contributed by atoms with E-state index in [1.165, 1.54) is 12.1 Å². The highest BCUT2D eigenvalue weighted by molar-refractivity contribution is 6.45. The standard InChI is InChI=1S/C34H46FN7O5/c1-5-26-31(40-47-39-26)33(45)38-30(23-10-6-20(2)7-11-23)32(44)36-27-13-12-24(19-25(27)35)21(3)29(37-28(43)18-22-8-9-22)34(46)42-16-14-41(4)15-17-42/h12-13,19-23,29H,5-11,14-18H2,1-4H3,(H,36,44)(H,37,43)/t20?,21-,23?,29+/m0/s1. The molecule has 12 nitrogen and oxygen atoms in total. The molecule has 4 amide bonds. The van der Waals surface area contributed by atoms with Crippen molar-refractivity contribution in [2.45, 2.75) is 84.1 Å². The van der Waals surface area contributed by atoms with Gasteiger partial charge in [0.25, 0.3) is 5.91 Å². The van der Waals surface area contributed by atoms with E-state index < -0.39 is 29.6 Å². The van der Waals surface area contributed by atoms with Gasteiger partial charge in [-0.15, -0.1) is 0 Å². The quantitative estimate of drug-likeness (QED) is 0.347. The number of halogens is 1. The first-order valence-corrected chi connectivity index (χ1v) is 16.9. The van der Waals surface area contributed by atoms with E-state index in [2.05, 4.69) is 37.8 Å². The van der Waals surface area contributed by atoms with Crippen molar-refractivity contribution < 1.29 is 28.2 Å². The predicted molar refractivity (Wildman–Crippen MR) is 173 cm³/mol. The predicted octanol–water partition coefficient (Wildman–Crippen LogP) is 3.98. The molecule has 0 bridgehead atoms. The number of piperazine rings is 1. The molecule has 1 aromatic heterocycles. The average molecular weight is 652 g/mol. The van der Waals surface area contributed by atoms with E-state index in [-0.39, 0.29) is 34.8 Å². The van der Waals surface area contributed by atoms with Gasteiger partial charge >= 0.3 is 5.91 Å². The Labute approximate surface area is 274 Å². The lowest BCUT2D eigenvalue weighted by atomic mass is 9.80. The number of aryl methyl sites for hydroxylation is 1. The first-order chi connectivity index (χ1) is 22.5. The highest BCUT2D eigenvalue weighted by atomic mass is 19.1. The summed E-state index contributed by atoms with van der Waals surface area (Å²) >= 11 is 0. The summed E-state index contributed by atoms with van der Waals surface area (Å²) in [4.78, 5) is 61.3. The fourth-order valence-corrected chi connectivity index (χ4v) is 6.36. The van der Waals surface area contributed by atoms with Crippen molar-refractivity contribution in [2.24, 2.45) is 22.7 Å². The molecule has 1 aromatic carbocycles. The molecular formula is C34H46FN7O5. The van der Waals surface area contributed by atoms with Gasteiger partial charge in [-0.05, 0) is 73.8 Å². The summed E-state index contributed by atoms with van der Waals surface area (Å²) in [6.07, 6.45) is 5.90. The van der Waals surface area contributed by atoms with E-state index in [1.54, 1.807) is 24.8 Å². The Morgan fingerprint density at radius 3 is 2.38 bits per heavy atom. The molecule has 1 saturated heterocycles. The lowest BCUT2D eigenvalue weighted by Gasteiger charge is -2.36. The van der Waals surface area contributed by atoms with Gasteiger partial charge < -0.3 is 20.4 Å². The van der Waals surface area contributed by atoms with Gasteiger partial charge in [0.1, 0.15) is 23.3 Å². The maximum absolute atomic E-state index is 15.7. The molecule has 47 heavy (non-hydrogen) atoms. The summed E-state index contributed by atoms with van der Waals surface area (Å²) < 4.78 is 20.4. The van der Waals surface area contributed by atoms with Crippen molar-refractivity contribution in [3.05, 3.63) is 41.0 Å². The Bertz CT molecular complexity index is 1490. The van der Waals surface area contributed by atoms with Gasteiger partial charge in [-0.1, -0.05) is 44.8 Å². The molecule has 3 aliphatic rings. The third kappa shape index (κ3) is 8.68. The highest BCUT2D eigenvalue weighted by Crippen LogP contribution is 2.33. The van der Waals surface area contributed by atoms with Gasteiger partial charge in [0.05, 0.1) is 5.69 Å². The SMILES string of the molecule is CCc1nonc1C(=O)N=C(C(=O)Nc1ccc([C@H](C)[C@@H](NC(=O)CC2CC2)C(=O)N2CCN(C)CC2)cc1F)C1CCC(C)CC1. The molecule has 2 heterocycles. The molecule has 2 aromatic rings. The Morgan fingerprint density at radius 1 is 1.04 bits per heavy atom. The Hall–Kier alpha value is -4.00. The number of aromatic nitrogens is 2. The molecule has 254 valence electrons. The molecular weight excluding hydrogens is 605 g/mol. The van der Waals surface area contributed by atoms with E-state index in [0.717, 1.165) is 38.8 Å². The molecule has 5 rings (SSSR count). The summed E-state index contributed by atoms with van der Waals surface area (Å²) in [5.41, 5.74) is 0.763. The van der Waals surface area contributed by atoms with E-state index in [1.807, 2.05) is 7.05 Å². The van der Waals surface area contributed by atoms with Crippen molar-refractivity contribution in [3.63, 3.8) is 0 Å². The second kappa shape index (κ2) is 15.3. The van der Waals surface area contributed by atoms with Gasteiger partial charge in [-0.3, -0.25) is 19.2 Å². The largest absolute Gasteiger partial charge is 0.344 e. The third-order valence-electron chi connectivity index (χ3n) is 9.79. The van der Waals surface area contributed by atoms with Crippen LogP contribution in [-0.2, 0) is 20.8 Å². The molecule has 1 aliphatic heterocycles. The number of hydrogen-bond donors (Lipinski definition) is 2. The minimum Gasteiger partial charge on any atom is -0.344 e. The number of likely N-dealkylation sites (N-methyl/N-ethyl adjacent to an activating group) is 1. The average Bonchev–Trinajstić information content (AvgIpc) is 3.74. The molecule has 2 saturated carbocycles. The minimum atomic E-state index is -0.859. The van der Waals surface area contributed by atoms with Gasteiger partial charge in [0.15, 0.2) is 5.69 Å². The van der Waals surface area contributed by atoms with Crippen molar-refractivity contribution in [2.75, 3.05) is 38.5 Å². The van der Waals surface area contributed by atoms with Crippen LogP contribution in [0.25, 0.3) is 0 Å². The number of aliphatic imine (C=N–C) groups is 1. The fourth-order valence-electron chi connectivity index (χ4n) is 6.36. The third-order valence-corrected chi connectivity index (χ3v) is 9.79. The number of carbonyl (C=O) groups is 4. The van der Waals surface area contributed by atoms with Gasteiger partial charge in [-0.25, -0.2) is 14.0 Å². The van der Waals surface area contributed by atoms with E-state index >= 15 is 4.39 Å². The van der Waals surface area contributed by atoms with Crippen LogP contribution < -0.4 is 10.6 Å². The van der Waals surface area contributed by atoms with Crippen LogP contribution in [0, 0.1) is 23.6 Å². The summed E-state index contributed by atoms with van der Waals surface area (Å²) in [5.74, 6) is -2.42. The number of anilines is 1. The first kappa shape index (κ1) is 34.3. The summed E-state index contributed by atoms with van der Waals surface area (Å²) in [6, 6.07) is 3.53. The lowest BCUT2D eigenvalue weighted by molar-refractivity contribution is -0.138. The molecule has 13 heteroatoms. The maximum atomic E-state index is 15.7. The molecule has 0 spiro atoms. The van der Waals surface area contributed by atoms with Crippen molar-refractivity contribution in [1.29, 1.82) is 0 Å². The summed E-state index contributed by atoms with van der Waals surface area (Å²) in [7, 11) is 2.00. The number of carbonyl (C=O) groups excluding carboxylic acids is 4. The topological polar surface area (TPSA) is 150 Å². The van der Waals surface area contributed by atoms with Crippen molar-refractivity contribution in [3.8, 4) is 0 Å². The molecule has 2 aliphatic carbocycles. The Morgan fingerprint density at radius 2 is 1.74 bits per heavy atom. The molecule has 0 radical (unpaired) electrons. The zero-order chi connectivity index (χ0) is 33.7. The summed E-state index contributed by atoms with van der Waals surface area (Å²) in [5, 5.41) is 13.0. The molecule has 2 N–H and O–H groups in total. The van der Waals surface area contributed by atoms with E-state index in [4.69, 9.17) is 4.63 Å². The van der Waals surface area contributed by atoms with Crippen LogP contribution >= 0.6 is 0 Å². The number of nitrogens with one attached hydrogen (secondary N) is 2. The maximum Gasteiger partial charge on any atom is 0.301 e. The number of nitrogens with zero attached hydrogens (tertiary/aromatic N) is 5. The minimum absolute atomic E-state index is 0.0278. The Balaban J connectivity index is 1.34. The lowest BCUT2D eigenvalue weighted by Crippen LogP contribution is -2.55. The molecule has 0 unspecified atom stereocenters.